The molecule has 1 aliphatic heterocycles. The lowest BCUT2D eigenvalue weighted by molar-refractivity contribution is -0.144. The highest BCUT2D eigenvalue weighted by atomic mass is 16.6. The zero-order valence-corrected chi connectivity index (χ0v) is 7.66. The van der Waals surface area contributed by atoms with Gasteiger partial charge in [-0.15, -0.1) is 0 Å². The molecule has 0 aliphatic carbocycles. The molecule has 0 bridgehead atoms. The van der Waals surface area contributed by atoms with E-state index in [0.29, 0.717) is 5.57 Å². The molecule has 3 atom stereocenters. The number of ether oxygens (including phenoxy) is 2. The Morgan fingerprint density at radius 1 is 1.67 bits per heavy atom. The van der Waals surface area contributed by atoms with Crippen molar-refractivity contribution in [1.82, 2.24) is 0 Å². The van der Waals surface area contributed by atoms with Gasteiger partial charge in [-0.1, -0.05) is 6.58 Å². The van der Waals surface area contributed by atoms with Crippen LogP contribution in [0.4, 0.5) is 0 Å². The fraction of sp³-hybridized carbons (Fsp3) is 0.667. The molecule has 0 radical (unpaired) electrons. The lowest BCUT2D eigenvalue weighted by Gasteiger charge is -2.09. The zero-order chi connectivity index (χ0) is 9.30. The lowest BCUT2D eigenvalue weighted by Crippen LogP contribution is -2.21. The molecule has 3 nitrogen and oxygen atoms in total. The highest BCUT2D eigenvalue weighted by molar-refractivity contribution is 5.87. The van der Waals surface area contributed by atoms with Gasteiger partial charge in [-0.2, -0.15) is 0 Å². The Labute approximate surface area is 72.4 Å². The van der Waals surface area contributed by atoms with Crippen molar-refractivity contribution in [3.05, 3.63) is 12.2 Å². The maximum absolute atomic E-state index is 11.0. The fourth-order valence-corrected chi connectivity index (χ4v) is 1.03. The van der Waals surface area contributed by atoms with Crippen LogP contribution in [-0.2, 0) is 14.3 Å². The summed E-state index contributed by atoms with van der Waals surface area (Å²) in [5, 5.41) is 0. The lowest BCUT2D eigenvalue weighted by atomic mass is 10.2. The maximum atomic E-state index is 11.0. The third-order valence-electron chi connectivity index (χ3n) is 1.86. The quantitative estimate of drug-likeness (QED) is 0.364. The van der Waals surface area contributed by atoms with Crippen LogP contribution in [0.3, 0.4) is 0 Å². The minimum Gasteiger partial charge on any atom is -0.456 e. The van der Waals surface area contributed by atoms with Crippen LogP contribution in [0.25, 0.3) is 0 Å². The van der Waals surface area contributed by atoms with Crippen LogP contribution < -0.4 is 0 Å². The zero-order valence-electron chi connectivity index (χ0n) is 7.66. The average Bonchev–Trinajstić information content (AvgIpc) is 2.66. The minimum atomic E-state index is -0.342. The van der Waals surface area contributed by atoms with Crippen molar-refractivity contribution >= 4 is 5.97 Å². The average molecular weight is 170 g/mol. The molecular formula is C9H14O3. The number of carbonyl (C=O) groups excluding carboxylic acids is 1. The van der Waals surface area contributed by atoms with Crippen molar-refractivity contribution in [2.45, 2.75) is 39.1 Å². The number of esters is 1. The van der Waals surface area contributed by atoms with Crippen LogP contribution in [0.5, 0.6) is 0 Å². The van der Waals surface area contributed by atoms with E-state index in [4.69, 9.17) is 9.47 Å². The van der Waals surface area contributed by atoms with Gasteiger partial charge in [-0.25, -0.2) is 4.79 Å². The first-order valence-corrected chi connectivity index (χ1v) is 4.04. The Hall–Kier alpha value is -0.830. The monoisotopic (exact) mass is 170 g/mol. The molecule has 1 aliphatic rings. The van der Waals surface area contributed by atoms with E-state index in [1.807, 2.05) is 13.8 Å². The Kier molecular flexibility index (Phi) is 2.52. The molecule has 3 heteroatoms. The summed E-state index contributed by atoms with van der Waals surface area (Å²) < 4.78 is 10.2. The molecule has 0 spiro atoms. The number of hydrogen-bond acceptors (Lipinski definition) is 3. The number of epoxide rings is 1. The second-order valence-corrected chi connectivity index (χ2v) is 3.20. The smallest absolute Gasteiger partial charge is 0.333 e. The van der Waals surface area contributed by atoms with Crippen molar-refractivity contribution in [3.63, 3.8) is 0 Å². The Morgan fingerprint density at radius 2 is 2.17 bits per heavy atom. The predicted molar refractivity (Wildman–Crippen MR) is 44.7 cm³/mol. The van der Waals surface area contributed by atoms with Gasteiger partial charge in [0.15, 0.2) is 0 Å². The van der Waals surface area contributed by atoms with Gasteiger partial charge < -0.3 is 9.47 Å². The van der Waals surface area contributed by atoms with Crippen molar-refractivity contribution < 1.29 is 14.3 Å². The molecule has 1 fully saturated rings. The van der Waals surface area contributed by atoms with E-state index in [9.17, 15) is 4.79 Å². The standard InChI is InChI=1S/C9H14O3/c1-5(2)9(10)12-7(4)8-6(3)11-8/h6-8H,1H2,2-4H3. The van der Waals surface area contributed by atoms with Crippen LogP contribution in [0.1, 0.15) is 20.8 Å². The highest BCUT2D eigenvalue weighted by Gasteiger charge is 2.41. The molecule has 0 N–H and O–H groups in total. The Balaban J connectivity index is 2.31. The maximum Gasteiger partial charge on any atom is 0.333 e. The molecule has 12 heavy (non-hydrogen) atoms. The normalized spacial score (nSPS) is 29.2. The second kappa shape index (κ2) is 3.27. The van der Waals surface area contributed by atoms with Crippen LogP contribution >= 0.6 is 0 Å². The third-order valence-corrected chi connectivity index (χ3v) is 1.86. The summed E-state index contributed by atoms with van der Waals surface area (Å²) in [5.41, 5.74) is 0.426. The molecule has 3 unspecified atom stereocenters. The van der Waals surface area contributed by atoms with E-state index in [-0.39, 0.29) is 24.3 Å². The Bertz CT molecular complexity index is 210. The van der Waals surface area contributed by atoms with Gasteiger partial charge in [-0.3, -0.25) is 0 Å². The number of hydrogen-bond donors (Lipinski definition) is 0. The summed E-state index contributed by atoms with van der Waals surface area (Å²) in [4.78, 5) is 11.0. The van der Waals surface area contributed by atoms with Crippen LogP contribution in [-0.4, -0.2) is 24.3 Å². The second-order valence-electron chi connectivity index (χ2n) is 3.20. The van der Waals surface area contributed by atoms with Gasteiger partial charge in [0.1, 0.15) is 12.2 Å². The SMILES string of the molecule is C=C(C)C(=O)OC(C)C1OC1C. The highest BCUT2D eigenvalue weighted by Crippen LogP contribution is 2.26. The summed E-state index contributed by atoms with van der Waals surface area (Å²) >= 11 is 0. The summed E-state index contributed by atoms with van der Waals surface area (Å²) in [5.74, 6) is -0.342. The topological polar surface area (TPSA) is 38.8 Å². The van der Waals surface area contributed by atoms with Gasteiger partial charge in [0.05, 0.1) is 6.10 Å². The molecule has 1 rings (SSSR count). The summed E-state index contributed by atoms with van der Waals surface area (Å²) in [6.07, 6.45) is 0.135. The Morgan fingerprint density at radius 3 is 2.50 bits per heavy atom. The molecule has 1 saturated heterocycles. The van der Waals surface area contributed by atoms with Crippen molar-refractivity contribution in [3.8, 4) is 0 Å². The van der Waals surface area contributed by atoms with Crippen LogP contribution in [0.2, 0.25) is 0 Å². The first kappa shape index (κ1) is 9.26. The number of carbonyl (C=O) groups is 1. The number of rotatable bonds is 3. The van der Waals surface area contributed by atoms with Gasteiger partial charge >= 0.3 is 5.97 Å². The van der Waals surface area contributed by atoms with Crippen molar-refractivity contribution in [2.24, 2.45) is 0 Å². The van der Waals surface area contributed by atoms with Gasteiger partial charge in [0.2, 0.25) is 0 Å². The summed E-state index contributed by atoms with van der Waals surface area (Å²) in [6, 6.07) is 0. The molecule has 0 aromatic carbocycles. The van der Waals surface area contributed by atoms with E-state index in [1.54, 1.807) is 6.92 Å². The summed E-state index contributed by atoms with van der Waals surface area (Å²) in [6.45, 7) is 8.91. The van der Waals surface area contributed by atoms with Crippen molar-refractivity contribution in [2.75, 3.05) is 0 Å². The molecule has 0 amide bonds. The third kappa shape index (κ3) is 2.08. The molecule has 68 valence electrons. The molecule has 0 saturated carbocycles. The van der Waals surface area contributed by atoms with E-state index in [2.05, 4.69) is 6.58 Å². The van der Waals surface area contributed by atoms with Crippen LogP contribution in [0, 0.1) is 0 Å². The molecule has 1 heterocycles. The first-order valence-electron chi connectivity index (χ1n) is 4.04. The van der Waals surface area contributed by atoms with E-state index >= 15 is 0 Å². The van der Waals surface area contributed by atoms with E-state index in [0.717, 1.165) is 0 Å². The first-order chi connectivity index (χ1) is 5.52. The van der Waals surface area contributed by atoms with Crippen molar-refractivity contribution in [1.29, 1.82) is 0 Å². The van der Waals surface area contributed by atoms with Gasteiger partial charge in [0, 0.05) is 5.57 Å². The molecule has 0 aromatic heterocycles. The van der Waals surface area contributed by atoms with E-state index in [1.165, 1.54) is 0 Å². The largest absolute Gasteiger partial charge is 0.456 e. The van der Waals surface area contributed by atoms with E-state index < -0.39 is 0 Å². The van der Waals surface area contributed by atoms with Crippen LogP contribution in [0.15, 0.2) is 12.2 Å². The van der Waals surface area contributed by atoms with Gasteiger partial charge in [-0.05, 0) is 20.8 Å². The predicted octanol–water partition coefficient (Wildman–Crippen LogP) is 1.28. The van der Waals surface area contributed by atoms with Gasteiger partial charge in [0.25, 0.3) is 0 Å². The minimum absolute atomic E-state index is 0.0771. The molecule has 0 aromatic rings. The summed E-state index contributed by atoms with van der Waals surface area (Å²) in [7, 11) is 0. The fourth-order valence-electron chi connectivity index (χ4n) is 1.03. The molecular weight excluding hydrogens is 156 g/mol.